The van der Waals surface area contributed by atoms with Gasteiger partial charge in [-0.25, -0.2) is 9.97 Å². The van der Waals surface area contributed by atoms with Gasteiger partial charge in [0.25, 0.3) is 0 Å². The molecule has 3 aromatic heterocycles. The molecule has 9 rings (SSSR count). The highest BCUT2D eigenvalue weighted by Gasteiger charge is 2.28. The number of carbonyl (C=O) groups excluding carboxylic acids is 2. The van der Waals surface area contributed by atoms with Crippen molar-refractivity contribution in [3.05, 3.63) is 168 Å². The standard InChI is InChI=1S/C49H36N4O2/c1-30(54)44(31(2)55)36-29-43-47(34-19-11-5-12-20-34)41-26-25-39(51-41)45(32-15-7-3-8-16-32)37-23-24-38(50-37)46(33-17-9-4-10-18-33)40-27-28-42(52-40)48(49(36)53-43)35-21-13-6-14-22-35/h3-29,44,50,53H,1-2H3. The summed E-state index contributed by atoms with van der Waals surface area (Å²) in [6.07, 6.45) is 8.18. The van der Waals surface area contributed by atoms with Gasteiger partial charge in [-0.15, -0.1) is 0 Å². The second-order valence-electron chi connectivity index (χ2n) is 13.8. The zero-order valence-electron chi connectivity index (χ0n) is 30.4. The van der Waals surface area contributed by atoms with Crippen molar-refractivity contribution in [2.24, 2.45) is 0 Å². The number of rotatable bonds is 7. The molecule has 2 aliphatic heterocycles. The first kappa shape index (κ1) is 33.6. The molecule has 5 heterocycles. The zero-order chi connectivity index (χ0) is 37.5. The van der Waals surface area contributed by atoms with Crippen LogP contribution in [0.15, 0.2) is 140 Å². The number of hydrogen-bond donors (Lipinski definition) is 2. The van der Waals surface area contributed by atoms with E-state index >= 15 is 0 Å². The van der Waals surface area contributed by atoms with Crippen LogP contribution in [0, 0.1) is 0 Å². The van der Waals surface area contributed by atoms with Crippen LogP contribution in [0.3, 0.4) is 0 Å². The number of carbonyl (C=O) groups is 2. The number of aromatic amines is 2. The molecule has 0 atom stereocenters. The summed E-state index contributed by atoms with van der Waals surface area (Å²) in [5, 5.41) is 0. The Morgan fingerprint density at radius 1 is 0.436 bits per heavy atom. The van der Waals surface area contributed by atoms with Gasteiger partial charge in [0.2, 0.25) is 0 Å². The van der Waals surface area contributed by atoms with Crippen LogP contribution in [0.2, 0.25) is 0 Å². The SMILES string of the molecule is CC(=O)C(C(C)=O)c1cc2[nH]c1c(-c1ccccc1)c1nc(c(-c3ccccc3)c3ccc([nH]3)c(-c3ccccc3)c3nc(c2-c2ccccc2)C=C3)C=C1. The van der Waals surface area contributed by atoms with Crippen molar-refractivity contribution in [1.29, 1.82) is 0 Å². The number of aromatic nitrogens is 4. The van der Waals surface area contributed by atoms with Gasteiger partial charge in [-0.2, -0.15) is 0 Å². The van der Waals surface area contributed by atoms with Crippen LogP contribution in [0.5, 0.6) is 0 Å². The van der Waals surface area contributed by atoms with E-state index in [9.17, 15) is 9.59 Å². The zero-order valence-corrected chi connectivity index (χ0v) is 30.4. The maximum Gasteiger partial charge on any atom is 0.144 e. The summed E-state index contributed by atoms with van der Waals surface area (Å²) in [6, 6.07) is 46.9. The predicted molar refractivity (Wildman–Crippen MR) is 225 cm³/mol. The highest BCUT2D eigenvalue weighted by molar-refractivity contribution is 6.10. The largest absolute Gasteiger partial charge is 0.354 e. The lowest BCUT2D eigenvalue weighted by Crippen LogP contribution is -2.16. The van der Waals surface area contributed by atoms with Gasteiger partial charge in [-0.1, -0.05) is 121 Å². The minimum Gasteiger partial charge on any atom is -0.354 e. The third kappa shape index (κ3) is 6.13. The van der Waals surface area contributed by atoms with Crippen molar-refractivity contribution in [3.8, 4) is 44.5 Å². The quantitative estimate of drug-likeness (QED) is 0.161. The molecule has 0 unspecified atom stereocenters. The minimum absolute atomic E-state index is 0.229. The molecule has 55 heavy (non-hydrogen) atoms. The van der Waals surface area contributed by atoms with Gasteiger partial charge in [0.1, 0.15) is 17.5 Å². The van der Waals surface area contributed by atoms with Crippen molar-refractivity contribution in [3.63, 3.8) is 0 Å². The maximum absolute atomic E-state index is 13.4. The van der Waals surface area contributed by atoms with Crippen molar-refractivity contribution >= 4 is 57.9 Å². The number of Topliss-reactive ketones (excluding diaryl/α,β-unsaturated/α-hetero) is 2. The second kappa shape index (κ2) is 14.0. The first-order valence-corrected chi connectivity index (χ1v) is 18.4. The molecule has 0 radical (unpaired) electrons. The molecule has 8 bridgehead atoms. The van der Waals surface area contributed by atoms with Crippen molar-refractivity contribution in [2.45, 2.75) is 19.8 Å². The van der Waals surface area contributed by atoms with Gasteiger partial charge in [0.15, 0.2) is 0 Å². The average Bonchev–Trinajstić information content (AvgIpc) is 4.04. The fourth-order valence-corrected chi connectivity index (χ4v) is 7.90. The molecule has 0 saturated heterocycles. The Balaban J connectivity index is 1.55. The first-order valence-electron chi connectivity index (χ1n) is 18.4. The Labute approximate surface area is 318 Å². The third-order valence-corrected chi connectivity index (χ3v) is 10.3. The summed E-state index contributed by atoms with van der Waals surface area (Å²) in [5.74, 6) is -1.45. The highest BCUT2D eigenvalue weighted by Crippen LogP contribution is 2.41. The number of H-pyrrole nitrogens is 2. The molecule has 2 aliphatic rings. The topological polar surface area (TPSA) is 91.5 Å². The average molecular weight is 713 g/mol. The van der Waals surface area contributed by atoms with E-state index in [0.29, 0.717) is 16.8 Å². The number of hydrogen-bond acceptors (Lipinski definition) is 4. The van der Waals surface area contributed by atoms with Crippen LogP contribution in [0.1, 0.15) is 48.1 Å². The van der Waals surface area contributed by atoms with E-state index in [1.54, 1.807) is 0 Å². The molecule has 264 valence electrons. The van der Waals surface area contributed by atoms with Crippen LogP contribution in [0.4, 0.5) is 0 Å². The number of ketones is 2. The summed E-state index contributed by atoms with van der Waals surface area (Å²) in [6.45, 7) is 2.97. The Morgan fingerprint density at radius 3 is 1.16 bits per heavy atom. The normalized spacial score (nSPS) is 12.0. The van der Waals surface area contributed by atoms with Crippen molar-refractivity contribution in [1.82, 2.24) is 19.9 Å². The molecule has 6 heteroatoms. The first-order chi connectivity index (χ1) is 26.9. The van der Waals surface area contributed by atoms with Crippen LogP contribution < -0.4 is 0 Å². The molecule has 0 aliphatic carbocycles. The van der Waals surface area contributed by atoms with Crippen LogP contribution >= 0.6 is 0 Å². The van der Waals surface area contributed by atoms with E-state index < -0.39 is 5.92 Å². The Bertz CT molecular complexity index is 2840. The monoisotopic (exact) mass is 712 g/mol. The lowest BCUT2D eigenvalue weighted by atomic mass is 9.90. The van der Waals surface area contributed by atoms with Gasteiger partial charge < -0.3 is 9.97 Å². The van der Waals surface area contributed by atoms with Crippen LogP contribution in [-0.4, -0.2) is 31.5 Å². The maximum atomic E-state index is 13.4. The van der Waals surface area contributed by atoms with E-state index in [2.05, 4.69) is 64.6 Å². The van der Waals surface area contributed by atoms with E-state index in [1.807, 2.05) is 109 Å². The van der Waals surface area contributed by atoms with Crippen molar-refractivity contribution < 1.29 is 9.59 Å². The minimum atomic E-state index is -0.989. The Morgan fingerprint density at radius 2 is 0.782 bits per heavy atom. The van der Waals surface area contributed by atoms with Gasteiger partial charge >= 0.3 is 0 Å². The fraction of sp³-hybridized carbons (Fsp3) is 0.0612. The van der Waals surface area contributed by atoms with E-state index in [-0.39, 0.29) is 11.6 Å². The molecule has 4 aromatic carbocycles. The van der Waals surface area contributed by atoms with Crippen LogP contribution in [-0.2, 0) is 9.59 Å². The van der Waals surface area contributed by atoms with E-state index in [4.69, 9.17) is 9.97 Å². The smallest absolute Gasteiger partial charge is 0.144 e. The molecule has 0 fully saturated rings. The van der Waals surface area contributed by atoms with Gasteiger partial charge in [-0.05, 0) is 84.2 Å². The molecule has 0 spiro atoms. The van der Waals surface area contributed by atoms with Gasteiger partial charge in [-0.3, -0.25) is 9.59 Å². The highest BCUT2D eigenvalue weighted by atomic mass is 16.1. The molecule has 7 aromatic rings. The second-order valence-corrected chi connectivity index (χ2v) is 13.8. The fourth-order valence-electron chi connectivity index (χ4n) is 7.90. The summed E-state index contributed by atoms with van der Waals surface area (Å²) in [5.41, 5.74) is 14.3. The number of benzene rings is 4. The molecular weight excluding hydrogens is 677 g/mol. The number of nitrogens with one attached hydrogen (secondary N) is 2. The van der Waals surface area contributed by atoms with Gasteiger partial charge in [0.05, 0.1) is 28.3 Å². The summed E-state index contributed by atoms with van der Waals surface area (Å²) >= 11 is 0. The van der Waals surface area contributed by atoms with Gasteiger partial charge in [0, 0.05) is 38.8 Å². The predicted octanol–water partition coefficient (Wildman–Crippen LogP) is 11.6. The Hall–Kier alpha value is -7.18. The molecule has 0 amide bonds. The Kier molecular flexibility index (Phi) is 8.56. The lowest BCUT2D eigenvalue weighted by Gasteiger charge is -2.12. The summed E-state index contributed by atoms with van der Waals surface area (Å²) < 4.78 is 0. The molecule has 6 nitrogen and oxygen atoms in total. The third-order valence-electron chi connectivity index (χ3n) is 10.3. The van der Waals surface area contributed by atoms with E-state index in [1.165, 1.54) is 13.8 Å². The molecular formula is C49H36N4O2. The number of nitrogens with zero attached hydrogens (tertiary/aromatic N) is 2. The summed E-state index contributed by atoms with van der Waals surface area (Å²) in [4.78, 5) is 45.1. The van der Waals surface area contributed by atoms with Crippen molar-refractivity contribution in [2.75, 3.05) is 0 Å². The molecule has 2 N–H and O–H groups in total. The number of fused-ring (bicyclic) bond motifs is 8. The van der Waals surface area contributed by atoms with E-state index in [0.717, 1.165) is 78.1 Å². The lowest BCUT2D eigenvalue weighted by molar-refractivity contribution is -0.126. The van der Waals surface area contributed by atoms with Crippen LogP contribution in [0.25, 0.3) is 90.9 Å². The summed E-state index contributed by atoms with van der Waals surface area (Å²) in [7, 11) is 0. The molecule has 0 saturated carbocycles.